The van der Waals surface area contributed by atoms with Crippen molar-refractivity contribution in [3.63, 3.8) is 0 Å². The van der Waals surface area contributed by atoms with Crippen molar-refractivity contribution in [1.82, 2.24) is 14.5 Å². The molecule has 0 fully saturated rings. The number of nitrogens with zero attached hydrogens (tertiary/aromatic N) is 3. The topological polar surface area (TPSA) is 71.0 Å². The fourth-order valence-corrected chi connectivity index (χ4v) is 4.20. The van der Waals surface area contributed by atoms with Gasteiger partial charge >= 0.3 is 5.69 Å². The number of hydrogen-bond donors (Lipinski definition) is 1. The lowest BCUT2D eigenvalue weighted by molar-refractivity contribution is 0.895. The van der Waals surface area contributed by atoms with E-state index in [1.807, 2.05) is 37.2 Å². The second kappa shape index (κ2) is 6.68. The largest absolute Gasteiger partial charge is 0.376 e. The van der Waals surface area contributed by atoms with Gasteiger partial charge in [-0.1, -0.05) is 29.8 Å². The fraction of sp³-hybridized carbons (Fsp3) is 0.105. The molecule has 6 nitrogen and oxygen atoms in total. The zero-order chi connectivity index (χ0) is 19.1. The second-order valence-electron chi connectivity index (χ2n) is 6.20. The van der Waals surface area contributed by atoms with E-state index in [2.05, 4.69) is 9.97 Å². The molecule has 0 radical (unpaired) electrons. The molecule has 4 aromatic rings. The minimum atomic E-state index is -0.506. The molecular weight excluding hydrogens is 384 g/mol. The summed E-state index contributed by atoms with van der Waals surface area (Å²) < 4.78 is 1.56. The number of fused-ring (bicyclic) bond motifs is 1. The molecule has 0 aliphatic heterocycles. The van der Waals surface area contributed by atoms with Crippen LogP contribution in [0, 0.1) is 0 Å². The smallest absolute Gasteiger partial charge is 0.333 e. The Morgan fingerprint density at radius 3 is 2.67 bits per heavy atom. The van der Waals surface area contributed by atoms with Crippen LogP contribution in [0.25, 0.3) is 26.3 Å². The molecule has 0 unspecified atom stereocenters. The van der Waals surface area contributed by atoms with Gasteiger partial charge in [-0.3, -0.25) is 9.78 Å². The Morgan fingerprint density at radius 1 is 1.15 bits per heavy atom. The van der Waals surface area contributed by atoms with Gasteiger partial charge in [-0.25, -0.2) is 9.36 Å². The van der Waals surface area contributed by atoms with Crippen molar-refractivity contribution in [2.45, 2.75) is 0 Å². The third-order valence-corrected chi connectivity index (χ3v) is 5.68. The van der Waals surface area contributed by atoms with Crippen molar-refractivity contribution >= 4 is 38.8 Å². The molecule has 0 aliphatic carbocycles. The summed E-state index contributed by atoms with van der Waals surface area (Å²) in [7, 11) is 3.73. The van der Waals surface area contributed by atoms with E-state index in [0.717, 1.165) is 20.7 Å². The molecular formula is C19H15ClN4O2S. The highest BCUT2D eigenvalue weighted by atomic mass is 35.5. The van der Waals surface area contributed by atoms with Gasteiger partial charge in [0.1, 0.15) is 4.70 Å². The zero-order valence-electron chi connectivity index (χ0n) is 14.6. The van der Waals surface area contributed by atoms with Crippen LogP contribution in [-0.2, 0) is 0 Å². The van der Waals surface area contributed by atoms with Crippen molar-refractivity contribution < 1.29 is 0 Å². The van der Waals surface area contributed by atoms with E-state index < -0.39 is 5.69 Å². The highest BCUT2D eigenvalue weighted by Gasteiger charge is 2.15. The Balaban J connectivity index is 1.94. The van der Waals surface area contributed by atoms with Crippen LogP contribution in [0.15, 0.2) is 58.4 Å². The maximum absolute atomic E-state index is 13.0. The molecule has 3 heterocycles. The number of aromatic nitrogens is 3. The van der Waals surface area contributed by atoms with Gasteiger partial charge in [0.2, 0.25) is 0 Å². The molecule has 1 aromatic carbocycles. The van der Waals surface area contributed by atoms with E-state index in [1.54, 1.807) is 24.4 Å². The highest BCUT2D eigenvalue weighted by Crippen LogP contribution is 2.34. The predicted octanol–water partition coefficient (Wildman–Crippen LogP) is 3.52. The van der Waals surface area contributed by atoms with Crippen molar-refractivity contribution in [3.8, 4) is 16.1 Å². The SMILES string of the molecule is CN(C)c1cncc(-n2c(=O)[nH]c3cc(-c4ccccc4Cl)sc3c2=O)c1. The number of nitrogens with one attached hydrogen (secondary N) is 1. The molecule has 0 amide bonds. The predicted molar refractivity (Wildman–Crippen MR) is 111 cm³/mol. The van der Waals surface area contributed by atoms with E-state index in [4.69, 9.17) is 11.6 Å². The molecule has 0 saturated carbocycles. The number of thiophene rings is 1. The number of H-pyrrole nitrogens is 1. The summed E-state index contributed by atoms with van der Waals surface area (Å²) in [4.78, 5) is 35.2. The van der Waals surface area contributed by atoms with Crippen molar-refractivity contribution in [2.75, 3.05) is 19.0 Å². The maximum atomic E-state index is 13.0. The fourth-order valence-electron chi connectivity index (χ4n) is 2.82. The zero-order valence-corrected chi connectivity index (χ0v) is 16.1. The standard InChI is InChI=1S/C19H15ClN4O2S/c1-23(2)11-7-12(10-21-9-11)24-18(25)17-15(22-19(24)26)8-16(27-17)13-5-3-4-6-14(13)20/h3-10H,1-2H3,(H,22,26). The van der Waals surface area contributed by atoms with Gasteiger partial charge in [-0.05, 0) is 18.2 Å². The minimum absolute atomic E-state index is 0.380. The quantitative estimate of drug-likeness (QED) is 0.573. The van der Waals surface area contributed by atoms with Crippen molar-refractivity contribution in [3.05, 3.63) is 74.7 Å². The number of anilines is 1. The number of aromatic amines is 1. The average molecular weight is 399 g/mol. The Labute approximate surface area is 163 Å². The van der Waals surface area contributed by atoms with Crippen LogP contribution < -0.4 is 16.1 Å². The summed E-state index contributed by atoms with van der Waals surface area (Å²) in [5.74, 6) is 0. The third-order valence-electron chi connectivity index (χ3n) is 4.20. The van der Waals surface area contributed by atoms with Gasteiger partial charge < -0.3 is 9.88 Å². The minimum Gasteiger partial charge on any atom is -0.376 e. The number of benzene rings is 1. The van der Waals surface area contributed by atoms with Crippen LogP contribution >= 0.6 is 22.9 Å². The van der Waals surface area contributed by atoms with Gasteiger partial charge in [0, 0.05) is 29.6 Å². The monoisotopic (exact) mass is 398 g/mol. The first-order valence-electron chi connectivity index (χ1n) is 8.12. The van der Waals surface area contributed by atoms with Crippen LogP contribution in [0.3, 0.4) is 0 Å². The van der Waals surface area contributed by atoms with Gasteiger partial charge in [-0.2, -0.15) is 0 Å². The van der Waals surface area contributed by atoms with Gasteiger partial charge in [-0.15, -0.1) is 11.3 Å². The van der Waals surface area contributed by atoms with Crippen LogP contribution in [0.2, 0.25) is 5.02 Å². The number of halogens is 1. The maximum Gasteiger partial charge on any atom is 0.333 e. The summed E-state index contributed by atoms with van der Waals surface area (Å²) in [6, 6.07) is 10.9. The first-order chi connectivity index (χ1) is 13.0. The Bertz CT molecular complexity index is 1270. The van der Waals surface area contributed by atoms with Crippen LogP contribution in [0.5, 0.6) is 0 Å². The first-order valence-corrected chi connectivity index (χ1v) is 9.31. The lowest BCUT2D eigenvalue weighted by atomic mass is 10.2. The summed E-state index contributed by atoms with van der Waals surface area (Å²) >= 11 is 7.57. The number of rotatable bonds is 3. The Hall–Kier alpha value is -2.90. The molecule has 0 spiro atoms. The van der Waals surface area contributed by atoms with E-state index >= 15 is 0 Å². The normalized spacial score (nSPS) is 11.1. The molecule has 8 heteroatoms. The molecule has 0 bridgehead atoms. The van der Waals surface area contributed by atoms with Gasteiger partial charge in [0.15, 0.2) is 0 Å². The average Bonchev–Trinajstić information content (AvgIpc) is 3.06. The highest BCUT2D eigenvalue weighted by molar-refractivity contribution is 7.22. The molecule has 0 aliphatic rings. The van der Waals surface area contributed by atoms with E-state index in [9.17, 15) is 9.59 Å². The molecule has 136 valence electrons. The number of hydrogen-bond acceptors (Lipinski definition) is 5. The van der Waals surface area contributed by atoms with E-state index in [0.29, 0.717) is 20.9 Å². The third kappa shape index (κ3) is 3.05. The van der Waals surface area contributed by atoms with Crippen LogP contribution in [0.1, 0.15) is 0 Å². The Kier molecular flexibility index (Phi) is 4.33. The molecule has 4 rings (SSSR count). The lowest BCUT2D eigenvalue weighted by Crippen LogP contribution is -2.33. The van der Waals surface area contributed by atoms with Crippen molar-refractivity contribution in [1.29, 1.82) is 0 Å². The van der Waals surface area contributed by atoms with Gasteiger partial charge in [0.25, 0.3) is 5.56 Å². The first kappa shape index (κ1) is 17.5. The van der Waals surface area contributed by atoms with Crippen molar-refractivity contribution in [2.24, 2.45) is 0 Å². The second-order valence-corrected chi connectivity index (χ2v) is 7.66. The van der Waals surface area contributed by atoms with Gasteiger partial charge in [0.05, 0.1) is 29.3 Å². The van der Waals surface area contributed by atoms with Crippen LogP contribution in [0.4, 0.5) is 5.69 Å². The molecule has 3 aromatic heterocycles. The van der Waals surface area contributed by atoms with Crippen LogP contribution in [-0.4, -0.2) is 28.6 Å². The molecule has 1 N–H and O–H groups in total. The van der Waals surface area contributed by atoms with E-state index in [1.165, 1.54) is 17.5 Å². The summed E-state index contributed by atoms with van der Waals surface area (Å²) in [6.07, 6.45) is 3.17. The molecule has 27 heavy (non-hydrogen) atoms. The number of pyridine rings is 1. The summed E-state index contributed by atoms with van der Waals surface area (Å²) in [5.41, 5.74) is 1.65. The summed E-state index contributed by atoms with van der Waals surface area (Å²) in [6.45, 7) is 0. The Morgan fingerprint density at radius 2 is 1.93 bits per heavy atom. The molecule has 0 saturated heterocycles. The molecule has 0 atom stereocenters. The lowest BCUT2D eigenvalue weighted by Gasteiger charge is -2.13. The summed E-state index contributed by atoms with van der Waals surface area (Å²) in [5, 5.41) is 0.592. The van der Waals surface area contributed by atoms with E-state index in [-0.39, 0.29) is 5.56 Å².